The van der Waals surface area contributed by atoms with Crippen molar-refractivity contribution >= 4 is 29.1 Å². The molecule has 3 rings (SSSR count). The van der Waals surface area contributed by atoms with Crippen LogP contribution >= 0.6 is 11.3 Å². The molecule has 0 aliphatic heterocycles. The minimum absolute atomic E-state index is 0.0566. The van der Waals surface area contributed by atoms with Gasteiger partial charge in [0.05, 0.1) is 11.4 Å². The average Bonchev–Trinajstić information content (AvgIpc) is 3.18. The van der Waals surface area contributed by atoms with Crippen LogP contribution in [-0.4, -0.2) is 15.7 Å². The van der Waals surface area contributed by atoms with E-state index < -0.39 is 5.91 Å². The number of aryl methyl sites for hydroxylation is 3. The lowest BCUT2D eigenvalue weighted by atomic mass is 10.2. The van der Waals surface area contributed by atoms with E-state index in [1.54, 1.807) is 16.8 Å². The summed E-state index contributed by atoms with van der Waals surface area (Å²) in [5, 5.41) is 16.6. The van der Waals surface area contributed by atoms with E-state index in [-0.39, 0.29) is 5.57 Å². The van der Waals surface area contributed by atoms with E-state index in [4.69, 9.17) is 0 Å². The lowest BCUT2D eigenvalue weighted by Crippen LogP contribution is -2.16. The van der Waals surface area contributed by atoms with Crippen molar-refractivity contribution in [3.05, 3.63) is 69.0 Å². The Hall–Kier alpha value is -3.17. The lowest BCUT2D eigenvalue weighted by Gasteiger charge is -2.09. The molecule has 3 aromatic rings. The SMILES string of the molecule is Cc1ccc(-n2nc(C)cc2NC(=O)/C(C#N)=C/c2ccc(C)s2)cc1. The number of rotatable bonds is 4. The van der Waals surface area contributed by atoms with Gasteiger partial charge in [-0.2, -0.15) is 10.4 Å². The first-order valence-electron chi connectivity index (χ1n) is 8.09. The van der Waals surface area contributed by atoms with Gasteiger partial charge in [-0.15, -0.1) is 11.3 Å². The van der Waals surface area contributed by atoms with Gasteiger partial charge in [-0.25, -0.2) is 4.68 Å². The number of hydrogen-bond acceptors (Lipinski definition) is 4. The van der Waals surface area contributed by atoms with Gasteiger partial charge in [-0.1, -0.05) is 17.7 Å². The van der Waals surface area contributed by atoms with Crippen molar-refractivity contribution in [3.63, 3.8) is 0 Å². The van der Waals surface area contributed by atoms with Crippen LogP contribution in [0.3, 0.4) is 0 Å². The van der Waals surface area contributed by atoms with Crippen LogP contribution in [0, 0.1) is 32.1 Å². The zero-order valence-electron chi connectivity index (χ0n) is 14.8. The fraction of sp³-hybridized carbons (Fsp3) is 0.150. The van der Waals surface area contributed by atoms with Crippen molar-refractivity contribution in [1.29, 1.82) is 5.26 Å². The van der Waals surface area contributed by atoms with E-state index in [1.807, 2.05) is 63.2 Å². The molecule has 2 aromatic heterocycles. The topological polar surface area (TPSA) is 70.7 Å². The molecule has 0 atom stereocenters. The Bertz CT molecular complexity index is 1020. The number of nitrogens with zero attached hydrogens (tertiary/aromatic N) is 3. The second-order valence-electron chi connectivity index (χ2n) is 5.99. The Morgan fingerprint density at radius 3 is 2.54 bits per heavy atom. The highest BCUT2D eigenvalue weighted by atomic mass is 32.1. The molecule has 130 valence electrons. The highest BCUT2D eigenvalue weighted by molar-refractivity contribution is 7.12. The van der Waals surface area contributed by atoms with Crippen LogP contribution in [0.15, 0.2) is 48.0 Å². The Balaban J connectivity index is 1.88. The van der Waals surface area contributed by atoms with Crippen molar-refractivity contribution in [1.82, 2.24) is 9.78 Å². The number of nitrogens with one attached hydrogen (secondary N) is 1. The molecule has 0 fully saturated rings. The zero-order valence-corrected chi connectivity index (χ0v) is 15.6. The van der Waals surface area contributed by atoms with E-state index in [9.17, 15) is 10.1 Å². The third-order valence-corrected chi connectivity index (χ3v) is 4.71. The molecule has 0 unspecified atom stereocenters. The number of carbonyl (C=O) groups excluding carboxylic acids is 1. The van der Waals surface area contributed by atoms with Crippen LogP contribution in [0.1, 0.15) is 21.0 Å². The second-order valence-corrected chi connectivity index (χ2v) is 7.31. The van der Waals surface area contributed by atoms with Gasteiger partial charge in [0, 0.05) is 15.8 Å². The van der Waals surface area contributed by atoms with E-state index in [1.165, 1.54) is 11.3 Å². The molecular weight excluding hydrogens is 344 g/mol. The summed E-state index contributed by atoms with van der Waals surface area (Å²) in [5.74, 6) is 0.0756. The maximum atomic E-state index is 12.6. The average molecular weight is 362 g/mol. The maximum Gasteiger partial charge on any atom is 0.267 e. The first kappa shape index (κ1) is 17.6. The lowest BCUT2D eigenvalue weighted by molar-refractivity contribution is -0.112. The molecule has 0 aliphatic rings. The Morgan fingerprint density at radius 1 is 1.19 bits per heavy atom. The van der Waals surface area contributed by atoms with Crippen molar-refractivity contribution in [2.24, 2.45) is 0 Å². The summed E-state index contributed by atoms with van der Waals surface area (Å²) in [6.07, 6.45) is 1.60. The van der Waals surface area contributed by atoms with E-state index in [0.717, 1.165) is 26.7 Å². The third-order valence-electron chi connectivity index (χ3n) is 3.76. The third kappa shape index (κ3) is 3.90. The molecule has 0 spiro atoms. The van der Waals surface area contributed by atoms with Crippen molar-refractivity contribution < 1.29 is 4.79 Å². The predicted octanol–water partition coefficient (Wildman–Crippen LogP) is 4.40. The number of nitriles is 1. The molecule has 0 aliphatic carbocycles. The quantitative estimate of drug-likeness (QED) is 0.552. The summed E-state index contributed by atoms with van der Waals surface area (Å²) in [6.45, 7) is 5.85. The van der Waals surface area contributed by atoms with Crippen molar-refractivity contribution in [2.45, 2.75) is 20.8 Å². The normalized spacial score (nSPS) is 11.2. The van der Waals surface area contributed by atoms with Crippen LogP contribution in [0.25, 0.3) is 11.8 Å². The number of carbonyl (C=O) groups is 1. The van der Waals surface area contributed by atoms with Crippen LogP contribution in [0.5, 0.6) is 0 Å². The van der Waals surface area contributed by atoms with Gasteiger partial charge in [0.25, 0.3) is 5.91 Å². The molecular formula is C20H18N4OS. The van der Waals surface area contributed by atoms with Crippen LogP contribution in [-0.2, 0) is 4.79 Å². The van der Waals surface area contributed by atoms with Gasteiger partial charge in [0.2, 0.25) is 0 Å². The van der Waals surface area contributed by atoms with Gasteiger partial charge >= 0.3 is 0 Å². The summed E-state index contributed by atoms with van der Waals surface area (Å²) in [5.41, 5.74) is 2.82. The standard InChI is InChI=1S/C20H18N4OS/c1-13-4-7-17(8-5-13)24-19(10-14(2)23-24)22-20(25)16(12-21)11-18-9-6-15(3)26-18/h4-11H,1-3H3,(H,22,25)/b16-11+. The predicted molar refractivity (Wildman–Crippen MR) is 104 cm³/mol. The first-order valence-corrected chi connectivity index (χ1v) is 8.91. The Labute approximate surface area is 156 Å². The summed E-state index contributed by atoms with van der Waals surface area (Å²) in [7, 11) is 0. The van der Waals surface area contributed by atoms with E-state index in [0.29, 0.717) is 5.82 Å². The van der Waals surface area contributed by atoms with Gasteiger partial charge in [0.1, 0.15) is 17.5 Å². The Kier molecular flexibility index (Phi) is 5.01. The number of benzene rings is 1. The fourth-order valence-corrected chi connectivity index (χ4v) is 3.30. The fourth-order valence-electron chi connectivity index (χ4n) is 2.48. The number of amides is 1. The van der Waals surface area contributed by atoms with Crippen molar-refractivity contribution in [2.75, 3.05) is 5.32 Å². The maximum absolute atomic E-state index is 12.6. The van der Waals surface area contributed by atoms with Crippen LogP contribution < -0.4 is 5.32 Å². The van der Waals surface area contributed by atoms with E-state index in [2.05, 4.69) is 10.4 Å². The first-order chi connectivity index (χ1) is 12.5. The minimum Gasteiger partial charge on any atom is -0.306 e. The van der Waals surface area contributed by atoms with Gasteiger partial charge in [0.15, 0.2) is 0 Å². The molecule has 6 heteroatoms. The number of anilines is 1. The molecule has 1 aromatic carbocycles. The van der Waals surface area contributed by atoms with Crippen LogP contribution in [0.2, 0.25) is 0 Å². The van der Waals surface area contributed by atoms with Gasteiger partial charge < -0.3 is 5.32 Å². The largest absolute Gasteiger partial charge is 0.306 e. The summed E-state index contributed by atoms with van der Waals surface area (Å²) in [4.78, 5) is 14.6. The summed E-state index contributed by atoms with van der Waals surface area (Å²) < 4.78 is 1.66. The molecule has 5 nitrogen and oxygen atoms in total. The molecule has 1 amide bonds. The molecule has 0 radical (unpaired) electrons. The monoisotopic (exact) mass is 362 g/mol. The molecule has 2 heterocycles. The highest BCUT2D eigenvalue weighted by Gasteiger charge is 2.15. The molecule has 1 N–H and O–H groups in total. The summed E-state index contributed by atoms with van der Waals surface area (Å²) >= 11 is 1.54. The minimum atomic E-state index is -0.452. The number of hydrogen-bond donors (Lipinski definition) is 1. The van der Waals surface area contributed by atoms with Gasteiger partial charge in [-0.3, -0.25) is 4.79 Å². The second kappa shape index (κ2) is 7.38. The number of thiophene rings is 1. The zero-order chi connectivity index (χ0) is 18.7. The van der Waals surface area contributed by atoms with E-state index >= 15 is 0 Å². The summed E-state index contributed by atoms with van der Waals surface area (Å²) in [6, 6.07) is 15.5. The molecule has 0 bridgehead atoms. The molecule has 0 saturated carbocycles. The van der Waals surface area contributed by atoms with Crippen molar-refractivity contribution in [3.8, 4) is 11.8 Å². The smallest absolute Gasteiger partial charge is 0.267 e. The highest BCUT2D eigenvalue weighted by Crippen LogP contribution is 2.21. The van der Waals surface area contributed by atoms with Gasteiger partial charge in [-0.05, 0) is 51.1 Å². The number of aromatic nitrogens is 2. The molecule has 0 saturated heterocycles. The van der Waals surface area contributed by atoms with Crippen LogP contribution in [0.4, 0.5) is 5.82 Å². The molecule has 26 heavy (non-hydrogen) atoms. The Morgan fingerprint density at radius 2 is 1.92 bits per heavy atom.